The third-order valence-corrected chi connectivity index (χ3v) is 13.7. The second-order valence-electron chi connectivity index (χ2n) is 18.1. The highest BCUT2D eigenvalue weighted by Gasteiger charge is 2.43. The first-order valence-corrected chi connectivity index (χ1v) is 23.7. The van der Waals surface area contributed by atoms with Crippen LogP contribution in [-0.4, -0.2) is 121 Å². The van der Waals surface area contributed by atoms with E-state index < -0.39 is 42.3 Å². The van der Waals surface area contributed by atoms with E-state index in [-0.39, 0.29) is 59.9 Å². The number of amides is 5. The highest BCUT2D eigenvalue weighted by molar-refractivity contribution is 7.09. The first kappa shape index (κ1) is 52.7. The fourth-order valence-corrected chi connectivity index (χ4v) is 9.95. The minimum atomic E-state index is -0.913. The number of nitrogens with zero attached hydrogens (tertiary/aromatic N) is 4. The maximum absolute atomic E-state index is 14.6. The smallest absolute Gasteiger partial charge is 0.409 e. The molecule has 2 aromatic carbocycles. The molecule has 1 aliphatic rings. The first-order valence-electron chi connectivity index (χ1n) is 22.8. The number of carbonyl (C=O) groups is 5. The van der Waals surface area contributed by atoms with Crippen molar-refractivity contribution in [2.75, 3.05) is 34.9 Å². The summed E-state index contributed by atoms with van der Waals surface area (Å²) in [5.41, 5.74) is 7.10. The molecule has 0 unspecified atom stereocenters. The van der Waals surface area contributed by atoms with Crippen LogP contribution in [0.25, 0.3) is 0 Å². The molecule has 4 rings (SSSR count). The van der Waals surface area contributed by atoms with E-state index in [0.717, 1.165) is 22.6 Å². The zero-order chi connectivity index (χ0) is 48.0. The number of primary amides is 1. The van der Waals surface area contributed by atoms with Crippen molar-refractivity contribution in [3.63, 3.8) is 0 Å². The molecule has 1 fully saturated rings. The number of aromatic nitrogens is 1. The van der Waals surface area contributed by atoms with Gasteiger partial charge in [-0.15, -0.1) is 11.3 Å². The Morgan fingerprint density at radius 3 is 2.18 bits per heavy atom. The predicted octanol–water partition coefficient (Wildman–Crippen LogP) is 6.22. The molecule has 0 saturated carbocycles. The Morgan fingerprint density at radius 2 is 1.60 bits per heavy atom. The summed E-state index contributed by atoms with van der Waals surface area (Å²) in [5, 5.41) is 9.04. The van der Waals surface area contributed by atoms with E-state index in [1.807, 2.05) is 107 Å². The van der Waals surface area contributed by atoms with Gasteiger partial charge in [-0.25, -0.2) is 9.78 Å². The summed E-state index contributed by atoms with van der Waals surface area (Å²) < 4.78 is 17.2. The van der Waals surface area contributed by atoms with Crippen LogP contribution < -0.4 is 21.1 Å². The molecule has 3 aromatic rings. The molecular weight excluding hydrogens is 847 g/mol. The molecule has 0 radical (unpaired) electrons. The fraction of sp³-hybridized carbons (Fsp3) is 0.592. The van der Waals surface area contributed by atoms with E-state index in [1.54, 1.807) is 50.6 Å². The van der Waals surface area contributed by atoms with Crippen molar-refractivity contribution in [2.45, 2.75) is 130 Å². The van der Waals surface area contributed by atoms with E-state index in [1.165, 1.54) is 11.3 Å². The van der Waals surface area contributed by atoms with Crippen LogP contribution in [0.4, 0.5) is 4.79 Å². The molecule has 1 aliphatic heterocycles. The number of nitrogens with one attached hydrogen (secondary N) is 2. The van der Waals surface area contributed by atoms with Gasteiger partial charge >= 0.3 is 6.09 Å². The maximum Gasteiger partial charge on any atom is 0.409 e. The summed E-state index contributed by atoms with van der Waals surface area (Å²) >= 11 is 1.49. The zero-order valence-electron chi connectivity index (χ0n) is 40.2. The van der Waals surface area contributed by atoms with Crippen molar-refractivity contribution < 1.29 is 38.2 Å². The lowest BCUT2D eigenvalue weighted by Gasteiger charge is -2.41. The fourth-order valence-electron chi connectivity index (χ4n) is 9.26. The van der Waals surface area contributed by atoms with Crippen molar-refractivity contribution in [2.24, 2.45) is 29.4 Å². The van der Waals surface area contributed by atoms with E-state index in [9.17, 15) is 24.0 Å². The molecule has 15 nitrogen and oxygen atoms in total. The Bertz CT molecular complexity index is 1990. The molecule has 0 spiro atoms. The summed E-state index contributed by atoms with van der Waals surface area (Å²) in [5.74, 6) is -1.63. The van der Waals surface area contributed by atoms with E-state index >= 15 is 0 Å². The van der Waals surface area contributed by atoms with Crippen molar-refractivity contribution in [3.05, 3.63) is 82.3 Å². The molecule has 5 amide bonds. The van der Waals surface area contributed by atoms with E-state index in [0.29, 0.717) is 38.1 Å². The highest BCUT2D eigenvalue weighted by Crippen LogP contribution is 2.31. The Hall–Kier alpha value is -4.90. The highest BCUT2D eigenvalue weighted by atomic mass is 32.1. The summed E-state index contributed by atoms with van der Waals surface area (Å²) in [6.45, 7) is 14.5. The average molecular weight is 920 g/mol. The number of ether oxygens (including phenoxy) is 3. The normalized spacial score (nSPS) is 17.8. The number of carbonyl (C=O) groups excluding carboxylic acids is 5. The Balaban J connectivity index is 1.48. The van der Waals surface area contributed by atoms with Crippen LogP contribution in [0.1, 0.15) is 96.3 Å². The zero-order valence-corrected chi connectivity index (χ0v) is 41.0. The third kappa shape index (κ3) is 14.3. The molecule has 1 aromatic heterocycles. The first-order chi connectivity index (χ1) is 30.9. The van der Waals surface area contributed by atoms with E-state index in [2.05, 4.69) is 15.6 Å². The van der Waals surface area contributed by atoms with Gasteiger partial charge in [-0.05, 0) is 67.3 Å². The third-order valence-electron chi connectivity index (χ3n) is 12.8. The Morgan fingerprint density at radius 1 is 0.908 bits per heavy atom. The largest absolute Gasteiger partial charge is 0.410 e. The molecule has 16 heteroatoms. The Kier molecular flexibility index (Phi) is 20.4. The van der Waals surface area contributed by atoms with Gasteiger partial charge in [-0.1, -0.05) is 97.4 Å². The van der Waals surface area contributed by atoms with Crippen LogP contribution in [0, 0.1) is 23.7 Å². The molecule has 358 valence electrons. The summed E-state index contributed by atoms with van der Waals surface area (Å²) in [7, 11) is 6.71. The van der Waals surface area contributed by atoms with Crippen LogP contribution in [0.2, 0.25) is 0 Å². The van der Waals surface area contributed by atoms with Crippen LogP contribution >= 0.6 is 11.3 Å². The van der Waals surface area contributed by atoms with Gasteiger partial charge < -0.3 is 40.4 Å². The topological polar surface area (TPSA) is 186 Å². The van der Waals surface area contributed by atoms with Crippen molar-refractivity contribution in [1.29, 1.82) is 0 Å². The average Bonchev–Trinajstić information content (AvgIpc) is 3.99. The van der Waals surface area contributed by atoms with Gasteiger partial charge in [0.1, 0.15) is 16.8 Å². The lowest BCUT2D eigenvalue weighted by Crippen LogP contribution is -2.60. The lowest BCUT2D eigenvalue weighted by molar-refractivity contribution is -0.148. The van der Waals surface area contributed by atoms with Crippen molar-refractivity contribution in [1.82, 2.24) is 30.3 Å². The van der Waals surface area contributed by atoms with Crippen LogP contribution in [0.15, 0.2) is 66.2 Å². The number of thiazole rings is 1. The summed E-state index contributed by atoms with van der Waals surface area (Å²) in [6.07, 6.45) is 2.30. The molecular formula is C49H73N7O8S. The van der Waals surface area contributed by atoms with Gasteiger partial charge in [0, 0.05) is 45.9 Å². The van der Waals surface area contributed by atoms with Crippen LogP contribution in [-0.2, 0) is 41.6 Å². The minimum absolute atomic E-state index is 0.00440. The van der Waals surface area contributed by atoms with Crippen LogP contribution in [0.5, 0.6) is 5.75 Å². The molecule has 1 saturated heterocycles. The van der Waals surface area contributed by atoms with Gasteiger partial charge in [-0.3, -0.25) is 24.1 Å². The standard InChI is InChI=1S/C49H73N7O8S/c1-12-32(6)43(55(9)48(60)41(30(2)3)53-46(59)42(31(4)5)54(8)29-35-20-16-21-36(26-35)64-49(50)61)39(62-10)28-40(57)56-24-17-22-38(56)44(63-11)33(7)45(58)52-37(47-51-23-25-65-47)27-34-18-14-13-15-19-34/h13-16,18-21,23,25-26,30-33,37-39,41-44H,12,17,22,24,27-29H2,1-11H3,(H2,50,61)(H,52,58)(H,53,59)/t32-,33+,37-,38-,39+,41-,42-,43-,44+/m0/s1. The van der Waals surface area contributed by atoms with Gasteiger partial charge in [0.05, 0.1) is 48.7 Å². The molecule has 65 heavy (non-hydrogen) atoms. The summed E-state index contributed by atoms with van der Waals surface area (Å²) in [6, 6.07) is 14.3. The van der Waals surface area contributed by atoms with Crippen molar-refractivity contribution >= 4 is 41.1 Å². The van der Waals surface area contributed by atoms with Crippen molar-refractivity contribution in [3.8, 4) is 5.75 Å². The number of rotatable bonds is 24. The van der Waals surface area contributed by atoms with Gasteiger partial charge in [-0.2, -0.15) is 0 Å². The monoisotopic (exact) mass is 920 g/mol. The predicted molar refractivity (Wildman–Crippen MR) is 253 cm³/mol. The number of benzene rings is 2. The number of hydrogen-bond donors (Lipinski definition) is 3. The second kappa shape index (κ2) is 25.1. The van der Waals surface area contributed by atoms with Gasteiger partial charge in [0.2, 0.25) is 23.6 Å². The number of likely N-dealkylation sites (N-methyl/N-ethyl adjacent to an activating group) is 2. The van der Waals surface area contributed by atoms with Gasteiger partial charge in [0.25, 0.3) is 0 Å². The number of methoxy groups -OCH3 is 2. The SMILES string of the molecule is CC[C@H](C)[C@@H]([C@@H](CC(=O)N1CCC[C@H]1[C@H](OC)[C@@H](C)C(=O)N[C@@H](Cc1ccccc1)c1nccs1)OC)N(C)C(=O)[C@@H](NC(=O)[C@H](C(C)C)N(C)Cc1cccc(OC(N)=O)c1)C(C)C. The molecule has 2 heterocycles. The quantitative estimate of drug-likeness (QED) is 0.0933. The minimum Gasteiger partial charge on any atom is -0.410 e. The molecule has 0 aliphatic carbocycles. The lowest BCUT2D eigenvalue weighted by atomic mass is 9.89. The molecule has 9 atom stereocenters. The molecule has 4 N–H and O–H groups in total. The maximum atomic E-state index is 14.6. The number of likely N-dealkylation sites (tertiary alicyclic amines) is 1. The number of hydrogen-bond acceptors (Lipinski definition) is 11. The molecule has 0 bridgehead atoms. The number of nitrogens with two attached hydrogens (primary N) is 1. The van der Waals surface area contributed by atoms with E-state index in [4.69, 9.17) is 19.9 Å². The Labute approximate surface area is 390 Å². The van der Waals surface area contributed by atoms with Crippen LogP contribution in [0.3, 0.4) is 0 Å². The summed E-state index contributed by atoms with van der Waals surface area (Å²) in [4.78, 5) is 78.5. The van der Waals surface area contributed by atoms with Gasteiger partial charge in [0.15, 0.2) is 0 Å². The second-order valence-corrected chi connectivity index (χ2v) is 19.0.